The molecule has 0 saturated carbocycles. The van der Waals surface area contributed by atoms with E-state index in [1.807, 2.05) is 0 Å². The fourth-order valence-corrected chi connectivity index (χ4v) is 0.955. The minimum Gasteiger partial charge on any atom is -0.241 e. The van der Waals surface area contributed by atoms with Gasteiger partial charge in [0, 0.05) is 11.8 Å². The molecule has 0 atom stereocenters. The van der Waals surface area contributed by atoms with Crippen LogP contribution >= 0.6 is 0 Å². The van der Waals surface area contributed by atoms with E-state index in [1.165, 1.54) is 6.92 Å². The zero-order valence-corrected chi connectivity index (χ0v) is 7.26. The van der Waals surface area contributed by atoms with Gasteiger partial charge in [-0.05, 0) is 6.92 Å². The number of aromatic nitrogens is 2. The van der Waals surface area contributed by atoms with Gasteiger partial charge in [0.05, 0.1) is 12.5 Å². The number of hydrogen-bond donors (Lipinski definition) is 0. The minimum atomic E-state index is -4.53. The van der Waals surface area contributed by atoms with Crippen LogP contribution in [0.15, 0.2) is 6.20 Å². The number of nitriles is 1. The van der Waals surface area contributed by atoms with Gasteiger partial charge < -0.3 is 0 Å². The first-order valence-electron chi connectivity index (χ1n) is 3.72. The molecule has 14 heavy (non-hydrogen) atoms. The van der Waals surface area contributed by atoms with Gasteiger partial charge in [-0.3, -0.25) is 0 Å². The number of rotatable bonds is 1. The van der Waals surface area contributed by atoms with Gasteiger partial charge in [-0.25, -0.2) is 9.97 Å². The fraction of sp³-hybridized carbons (Fsp3) is 0.375. The van der Waals surface area contributed by atoms with Crippen LogP contribution in [0.4, 0.5) is 13.2 Å². The zero-order valence-electron chi connectivity index (χ0n) is 7.26. The van der Waals surface area contributed by atoms with Crippen molar-refractivity contribution in [3.8, 4) is 6.07 Å². The number of alkyl halides is 3. The van der Waals surface area contributed by atoms with Crippen LogP contribution in [0.25, 0.3) is 0 Å². The Kier molecular flexibility index (Phi) is 2.70. The van der Waals surface area contributed by atoms with Crippen molar-refractivity contribution >= 4 is 0 Å². The highest BCUT2D eigenvalue weighted by molar-refractivity contribution is 5.23. The first-order chi connectivity index (χ1) is 6.45. The van der Waals surface area contributed by atoms with Gasteiger partial charge in [-0.1, -0.05) is 0 Å². The predicted octanol–water partition coefficient (Wildman–Crippen LogP) is 1.87. The molecule has 74 valence electrons. The van der Waals surface area contributed by atoms with Crippen LogP contribution < -0.4 is 0 Å². The van der Waals surface area contributed by atoms with Crippen LogP contribution in [0, 0.1) is 18.3 Å². The molecule has 0 N–H and O–H groups in total. The molecule has 0 spiro atoms. The molecule has 0 saturated heterocycles. The Morgan fingerprint density at radius 1 is 1.50 bits per heavy atom. The van der Waals surface area contributed by atoms with Crippen molar-refractivity contribution < 1.29 is 13.2 Å². The zero-order chi connectivity index (χ0) is 10.8. The van der Waals surface area contributed by atoms with Crippen LogP contribution in [-0.4, -0.2) is 9.97 Å². The monoisotopic (exact) mass is 201 g/mol. The van der Waals surface area contributed by atoms with Crippen molar-refractivity contribution in [1.82, 2.24) is 9.97 Å². The maximum absolute atomic E-state index is 12.4. The Balaban J connectivity index is 3.24. The third-order valence-corrected chi connectivity index (χ3v) is 1.52. The first kappa shape index (κ1) is 10.4. The molecule has 1 rings (SSSR count). The quantitative estimate of drug-likeness (QED) is 0.696. The number of nitrogens with zero attached hydrogens (tertiary/aromatic N) is 3. The second kappa shape index (κ2) is 3.62. The molecule has 0 aromatic carbocycles. The van der Waals surface area contributed by atoms with E-state index in [4.69, 9.17) is 5.26 Å². The SMILES string of the molecule is Cc1ncc(CC#N)c(C(F)(F)F)n1. The van der Waals surface area contributed by atoms with Crippen molar-refractivity contribution in [1.29, 1.82) is 5.26 Å². The Morgan fingerprint density at radius 2 is 2.14 bits per heavy atom. The lowest BCUT2D eigenvalue weighted by Crippen LogP contribution is -2.13. The molecule has 1 aromatic rings. The lowest BCUT2D eigenvalue weighted by Gasteiger charge is -2.09. The lowest BCUT2D eigenvalue weighted by atomic mass is 10.2. The molecular formula is C8H6F3N3. The van der Waals surface area contributed by atoms with Crippen molar-refractivity contribution in [3.63, 3.8) is 0 Å². The highest BCUT2D eigenvalue weighted by Gasteiger charge is 2.35. The number of halogens is 3. The highest BCUT2D eigenvalue weighted by atomic mass is 19.4. The van der Waals surface area contributed by atoms with Gasteiger partial charge in [0.1, 0.15) is 5.82 Å². The predicted molar refractivity (Wildman–Crippen MR) is 41.1 cm³/mol. The molecule has 0 aliphatic rings. The van der Waals surface area contributed by atoms with Gasteiger partial charge >= 0.3 is 6.18 Å². The van der Waals surface area contributed by atoms with Crippen LogP contribution in [0.3, 0.4) is 0 Å². The van der Waals surface area contributed by atoms with Gasteiger partial charge in [-0.15, -0.1) is 0 Å². The molecule has 0 radical (unpaired) electrons. The van der Waals surface area contributed by atoms with Crippen molar-refractivity contribution in [3.05, 3.63) is 23.3 Å². The Morgan fingerprint density at radius 3 is 2.64 bits per heavy atom. The third-order valence-electron chi connectivity index (χ3n) is 1.52. The van der Waals surface area contributed by atoms with Gasteiger partial charge in [0.15, 0.2) is 5.69 Å². The molecule has 0 fully saturated rings. The smallest absolute Gasteiger partial charge is 0.241 e. The van der Waals surface area contributed by atoms with E-state index in [9.17, 15) is 13.2 Å². The summed E-state index contributed by atoms with van der Waals surface area (Å²) in [7, 11) is 0. The third kappa shape index (κ3) is 2.19. The van der Waals surface area contributed by atoms with Gasteiger partial charge in [0.25, 0.3) is 0 Å². The molecular weight excluding hydrogens is 195 g/mol. The minimum absolute atomic E-state index is 0.0408. The van der Waals surface area contributed by atoms with E-state index >= 15 is 0 Å². The van der Waals surface area contributed by atoms with Crippen LogP contribution in [-0.2, 0) is 12.6 Å². The molecule has 1 heterocycles. The Labute approximate surface area is 78.2 Å². The second-order valence-corrected chi connectivity index (χ2v) is 2.62. The molecule has 0 aliphatic carbocycles. The van der Waals surface area contributed by atoms with Crippen molar-refractivity contribution in [2.24, 2.45) is 0 Å². The average molecular weight is 201 g/mol. The molecule has 0 aliphatic heterocycles. The van der Waals surface area contributed by atoms with Crippen LogP contribution in [0.5, 0.6) is 0 Å². The summed E-state index contributed by atoms with van der Waals surface area (Å²) in [6.07, 6.45) is -3.83. The molecule has 1 aromatic heterocycles. The van der Waals surface area contributed by atoms with Crippen molar-refractivity contribution in [2.45, 2.75) is 19.5 Å². The average Bonchev–Trinajstić information content (AvgIpc) is 2.07. The summed E-state index contributed by atoms with van der Waals surface area (Å²) in [4.78, 5) is 6.89. The van der Waals surface area contributed by atoms with E-state index < -0.39 is 11.9 Å². The summed E-state index contributed by atoms with van der Waals surface area (Å²) in [5, 5.41) is 8.31. The first-order valence-corrected chi connectivity index (χ1v) is 3.72. The van der Waals surface area contributed by atoms with Gasteiger partial charge in [-0.2, -0.15) is 18.4 Å². The van der Waals surface area contributed by atoms with E-state index in [0.717, 1.165) is 6.20 Å². The molecule has 0 unspecified atom stereocenters. The highest BCUT2D eigenvalue weighted by Crippen LogP contribution is 2.30. The topological polar surface area (TPSA) is 49.6 Å². The van der Waals surface area contributed by atoms with E-state index in [0.29, 0.717) is 0 Å². The maximum Gasteiger partial charge on any atom is 0.433 e. The molecule has 6 heteroatoms. The summed E-state index contributed by atoms with van der Waals surface area (Å²) in [6.45, 7) is 1.37. The largest absolute Gasteiger partial charge is 0.433 e. The van der Waals surface area contributed by atoms with Crippen LogP contribution in [0.1, 0.15) is 17.1 Å². The van der Waals surface area contributed by atoms with Gasteiger partial charge in [0.2, 0.25) is 0 Å². The van der Waals surface area contributed by atoms with Crippen molar-refractivity contribution in [2.75, 3.05) is 0 Å². The molecule has 3 nitrogen and oxygen atoms in total. The molecule has 0 amide bonds. The standard InChI is InChI=1S/C8H6F3N3/c1-5-13-4-6(2-3-12)7(14-5)8(9,10)11/h4H,2H2,1H3. The van der Waals surface area contributed by atoms with E-state index in [1.54, 1.807) is 6.07 Å². The fourth-order valence-electron chi connectivity index (χ4n) is 0.955. The summed E-state index contributed by atoms with van der Waals surface area (Å²) >= 11 is 0. The summed E-state index contributed by atoms with van der Waals surface area (Å²) in [6, 6.07) is 1.64. The van der Waals surface area contributed by atoms with Crippen LogP contribution in [0.2, 0.25) is 0 Å². The summed E-state index contributed by atoms with van der Waals surface area (Å²) in [5.41, 5.74) is -1.21. The normalized spacial score (nSPS) is 11.1. The maximum atomic E-state index is 12.4. The number of hydrogen-bond acceptors (Lipinski definition) is 3. The summed E-state index contributed by atoms with van der Waals surface area (Å²) < 4.78 is 37.1. The summed E-state index contributed by atoms with van der Waals surface area (Å²) in [5.74, 6) is 0.0408. The number of aryl methyl sites for hydroxylation is 1. The Hall–Kier alpha value is -1.64. The Bertz CT molecular complexity index is 378. The molecule has 0 bridgehead atoms. The van der Waals surface area contributed by atoms with E-state index in [-0.39, 0.29) is 17.8 Å². The van der Waals surface area contributed by atoms with E-state index in [2.05, 4.69) is 9.97 Å². The lowest BCUT2D eigenvalue weighted by molar-refractivity contribution is -0.141. The second-order valence-electron chi connectivity index (χ2n) is 2.62.